The number of nitrogens with one attached hydrogen (secondary N) is 2. The summed E-state index contributed by atoms with van der Waals surface area (Å²) < 4.78 is 5.66. The number of benzene rings is 2. The van der Waals surface area contributed by atoms with Crippen LogP contribution in [0.1, 0.15) is 28.2 Å². The number of nitro groups is 1. The number of hydrogen-bond donors (Lipinski definition) is 2. The predicted octanol–water partition coefficient (Wildman–Crippen LogP) is 4.36. The van der Waals surface area contributed by atoms with Gasteiger partial charge >= 0.3 is 0 Å². The summed E-state index contributed by atoms with van der Waals surface area (Å²) >= 11 is 1.55. The molecule has 0 saturated carbocycles. The average Bonchev–Trinajstić information content (AvgIpc) is 3.14. The molecule has 0 radical (unpaired) electrons. The van der Waals surface area contributed by atoms with E-state index in [1.165, 1.54) is 24.3 Å². The van der Waals surface area contributed by atoms with E-state index in [2.05, 4.69) is 15.6 Å². The Labute approximate surface area is 195 Å². The quantitative estimate of drug-likeness (QED) is 0.353. The summed E-state index contributed by atoms with van der Waals surface area (Å²) in [5.41, 5.74) is 1.96. The van der Waals surface area contributed by atoms with E-state index < -0.39 is 16.9 Å². The van der Waals surface area contributed by atoms with Crippen molar-refractivity contribution in [2.45, 2.75) is 26.3 Å². The van der Waals surface area contributed by atoms with E-state index >= 15 is 0 Å². The Morgan fingerprint density at radius 1 is 1.18 bits per heavy atom. The van der Waals surface area contributed by atoms with Gasteiger partial charge in [-0.05, 0) is 56.5 Å². The summed E-state index contributed by atoms with van der Waals surface area (Å²) in [4.78, 5) is 40.5. The van der Waals surface area contributed by atoms with Gasteiger partial charge < -0.3 is 15.1 Å². The normalized spacial score (nSPS) is 11.6. The molecule has 0 fully saturated rings. The number of carbonyl (C=O) groups excluding carboxylic acids is 2. The van der Waals surface area contributed by atoms with Crippen LogP contribution in [-0.2, 0) is 4.79 Å². The summed E-state index contributed by atoms with van der Waals surface area (Å²) in [5.74, 6) is 0.876. The molecule has 1 unspecified atom stereocenters. The standard InChI is InChI=1S/C23H24N4O5S/c1-14-15(2)32-23(24-14)17-7-4-8-18(12-17)25-22(29)20(10-11-33-3)26-21(28)16-6-5-9-19(13-16)27(30)31/h4-9,12-13,20H,10-11H2,1-3H3,(H,25,29)(H,26,28). The zero-order valence-corrected chi connectivity index (χ0v) is 19.3. The third-order valence-corrected chi connectivity index (χ3v) is 5.60. The number of aromatic nitrogens is 1. The lowest BCUT2D eigenvalue weighted by atomic mass is 10.1. The topological polar surface area (TPSA) is 127 Å². The number of aryl methyl sites for hydroxylation is 2. The first-order chi connectivity index (χ1) is 15.8. The second-order valence-electron chi connectivity index (χ2n) is 7.35. The highest BCUT2D eigenvalue weighted by molar-refractivity contribution is 7.98. The van der Waals surface area contributed by atoms with Crippen molar-refractivity contribution in [2.24, 2.45) is 0 Å². The van der Waals surface area contributed by atoms with Gasteiger partial charge in [-0.2, -0.15) is 11.8 Å². The molecule has 1 aromatic heterocycles. The summed E-state index contributed by atoms with van der Waals surface area (Å²) in [6, 6.07) is 11.7. The molecule has 0 aliphatic rings. The number of oxazole rings is 1. The smallest absolute Gasteiger partial charge is 0.270 e. The maximum Gasteiger partial charge on any atom is 0.270 e. The maximum absolute atomic E-state index is 13.0. The molecule has 3 aromatic rings. The number of anilines is 1. The van der Waals surface area contributed by atoms with E-state index in [1.54, 1.807) is 30.0 Å². The largest absolute Gasteiger partial charge is 0.441 e. The van der Waals surface area contributed by atoms with Crippen LogP contribution in [0.15, 0.2) is 52.9 Å². The minimum Gasteiger partial charge on any atom is -0.441 e. The minimum absolute atomic E-state index is 0.114. The van der Waals surface area contributed by atoms with Crippen molar-refractivity contribution >= 4 is 35.0 Å². The van der Waals surface area contributed by atoms with E-state index in [0.29, 0.717) is 29.3 Å². The summed E-state index contributed by atoms with van der Waals surface area (Å²) in [6.07, 6.45) is 2.30. The molecule has 0 aliphatic heterocycles. The zero-order chi connectivity index (χ0) is 24.0. The summed E-state index contributed by atoms with van der Waals surface area (Å²) in [6.45, 7) is 3.69. The summed E-state index contributed by atoms with van der Waals surface area (Å²) in [5, 5.41) is 16.5. The van der Waals surface area contributed by atoms with E-state index in [9.17, 15) is 19.7 Å². The van der Waals surface area contributed by atoms with Crippen molar-refractivity contribution in [3.8, 4) is 11.5 Å². The molecule has 2 aromatic carbocycles. The Kier molecular flexibility index (Phi) is 7.83. The van der Waals surface area contributed by atoms with Crippen molar-refractivity contribution in [3.63, 3.8) is 0 Å². The van der Waals surface area contributed by atoms with Gasteiger partial charge in [-0.15, -0.1) is 0 Å². The van der Waals surface area contributed by atoms with Gasteiger partial charge in [-0.25, -0.2) is 4.98 Å². The van der Waals surface area contributed by atoms with E-state index in [-0.39, 0.29) is 17.2 Å². The van der Waals surface area contributed by atoms with Crippen molar-refractivity contribution in [1.29, 1.82) is 0 Å². The van der Waals surface area contributed by atoms with Crippen LogP contribution in [0.4, 0.5) is 11.4 Å². The number of rotatable bonds is 9. The lowest BCUT2D eigenvalue weighted by Gasteiger charge is -2.18. The molecule has 1 heterocycles. The maximum atomic E-state index is 13.0. The number of carbonyl (C=O) groups is 2. The van der Waals surface area contributed by atoms with Crippen molar-refractivity contribution in [1.82, 2.24) is 10.3 Å². The van der Waals surface area contributed by atoms with Crippen LogP contribution in [0.2, 0.25) is 0 Å². The van der Waals surface area contributed by atoms with Crippen molar-refractivity contribution in [2.75, 3.05) is 17.3 Å². The molecular weight excluding hydrogens is 444 g/mol. The van der Waals surface area contributed by atoms with Crippen LogP contribution in [0, 0.1) is 24.0 Å². The molecule has 33 heavy (non-hydrogen) atoms. The Balaban J connectivity index is 1.75. The third kappa shape index (κ3) is 6.19. The number of non-ortho nitro benzene ring substituents is 1. The highest BCUT2D eigenvalue weighted by Crippen LogP contribution is 2.24. The van der Waals surface area contributed by atoms with Crippen LogP contribution in [0.5, 0.6) is 0 Å². The SMILES string of the molecule is CSCCC(NC(=O)c1cccc([N+](=O)[O-])c1)C(=O)Nc1cccc(-c2nc(C)c(C)o2)c1. The Hall–Kier alpha value is -3.66. The van der Waals surface area contributed by atoms with Crippen LogP contribution in [0.3, 0.4) is 0 Å². The first-order valence-corrected chi connectivity index (χ1v) is 11.6. The lowest BCUT2D eigenvalue weighted by molar-refractivity contribution is -0.384. The second kappa shape index (κ2) is 10.8. The summed E-state index contributed by atoms with van der Waals surface area (Å²) in [7, 11) is 0. The monoisotopic (exact) mass is 468 g/mol. The number of thioether (sulfide) groups is 1. The van der Waals surface area contributed by atoms with Gasteiger partial charge in [0.1, 0.15) is 11.8 Å². The van der Waals surface area contributed by atoms with Crippen LogP contribution in [0.25, 0.3) is 11.5 Å². The number of nitro benzene ring substituents is 1. The van der Waals surface area contributed by atoms with Gasteiger partial charge in [0.25, 0.3) is 11.6 Å². The second-order valence-corrected chi connectivity index (χ2v) is 8.33. The number of nitrogens with zero attached hydrogens (tertiary/aromatic N) is 2. The molecule has 0 aliphatic carbocycles. The van der Waals surface area contributed by atoms with Gasteiger partial charge in [-0.1, -0.05) is 12.1 Å². The van der Waals surface area contributed by atoms with E-state index in [1.807, 2.05) is 26.2 Å². The molecule has 3 rings (SSSR count). The molecule has 2 amide bonds. The molecule has 0 bridgehead atoms. The Morgan fingerprint density at radius 2 is 1.94 bits per heavy atom. The Bertz CT molecular complexity index is 1160. The molecule has 0 spiro atoms. The number of amides is 2. The minimum atomic E-state index is -0.820. The predicted molar refractivity (Wildman–Crippen MR) is 127 cm³/mol. The molecule has 0 saturated heterocycles. The molecule has 9 nitrogen and oxygen atoms in total. The van der Waals surface area contributed by atoms with E-state index in [4.69, 9.17) is 4.42 Å². The van der Waals surface area contributed by atoms with Crippen LogP contribution >= 0.6 is 11.8 Å². The fraction of sp³-hybridized carbons (Fsp3) is 0.261. The first-order valence-electron chi connectivity index (χ1n) is 10.2. The van der Waals surface area contributed by atoms with Crippen molar-refractivity contribution < 1.29 is 18.9 Å². The molecule has 1 atom stereocenters. The van der Waals surface area contributed by atoms with Gasteiger partial charge in [0.15, 0.2) is 0 Å². The highest BCUT2D eigenvalue weighted by atomic mass is 32.2. The lowest BCUT2D eigenvalue weighted by Crippen LogP contribution is -2.44. The third-order valence-electron chi connectivity index (χ3n) is 4.96. The highest BCUT2D eigenvalue weighted by Gasteiger charge is 2.22. The fourth-order valence-electron chi connectivity index (χ4n) is 3.06. The Morgan fingerprint density at radius 3 is 2.61 bits per heavy atom. The molecule has 2 N–H and O–H groups in total. The van der Waals surface area contributed by atoms with Gasteiger partial charge in [-0.3, -0.25) is 19.7 Å². The van der Waals surface area contributed by atoms with Crippen molar-refractivity contribution in [3.05, 3.63) is 75.7 Å². The van der Waals surface area contributed by atoms with Crippen LogP contribution in [-0.4, -0.2) is 39.8 Å². The van der Waals surface area contributed by atoms with Gasteiger partial charge in [0.05, 0.1) is 10.6 Å². The molecule has 172 valence electrons. The van der Waals surface area contributed by atoms with Gasteiger partial charge in [0, 0.05) is 28.9 Å². The molecular formula is C23H24N4O5S. The molecule has 10 heteroatoms. The first kappa shape index (κ1) is 24.0. The fourth-order valence-corrected chi connectivity index (χ4v) is 3.53. The average molecular weight is 469 g/mol. The number of hydrogen-bond acceptors (Lipinski definition) is 7. The van der Waals surface area contributed by atoms with E-state index in [0.717, 1.165) is 11.5 Å². The van der Waals surface area contributed by atoms with Crippen LogP contribution < -0.4 is 10.6 Å². The van der Waals surface area contributed by atoms with Gasteiger partial charge in [0.2, 0.25) is 11.8 Å². The zero-order valence-electron chi connectivity index (χ0n) is 18.5.